The van der Waals surface area contributed by atoms with Crippen molar-refractivity contribution in [2.75, 3.05) is 13.2 Å². The van der Waals surface area contributed by atoms with Crippen LogP contribution in [0, 0.1) is 5.82 Å². The number of thiophene rings is 1. The Balaban J connectivity index is 1.59. The summed E-state index contributed by atoms with van der Waals surface area (Å²) in [5, 5.41) is 4.95. The zero-order valence-corrected chi connectivity index (χ0v) is 19.3. The molecule has 0 bridgehead atoms. The van der Waals surface area contributed by atoms with E-state index in [0.29, 0.717) is 36.1 Å². The zero-order valence-electron chi connectivity index (χ0n) is 18.5. The number of halogens is 1. The number of amides is 1. The molecule has 1 amide bonds. The first-order valence-corrected chi connectivity index (χ1v) is 11.7. The Kier molecular flexibility index (Phi) is 7.10. The number of benzene rings is 2. The largest absolute Gasteiger partial charge is 0.490 e. The number of carbonyl (C=O) groups is 1. The molecule has 0 spiro atoms. The lowest BCUT2D eigenvalue weighted by Crippen LogP contribution is -2.23. The number of nitrogens with zero attached hydrogens (tertiary/aromatic N) is 1. The van der Waals surface area contributed by atoms with Crippen molar-refractivity contribution in [3.05, 3.63) is 88.6 Å². The topological polar surface area (TPSA) is 52.5 Å². The first kappa shape index (κ1) is 22.6. The van der Waals surface area contributed by atoms with E-state index in [2.05, 4.69) is 5.32 Å². The molecule has 0 unspecified atom stereocenters. The summed E-state index contributed by atoms with van der Waals surface area (Å²) in [6.07, 6.45) is 3.79. The maximum atomic E-state index is 13.4. The zero-order chi connectivity index (χ0) is 23.2. The maximum absolute atomic E-state index is 13.4. The molecule has 2 heterocycles. The third kappa shape index (κ3) is 5.09. The Bertz CT molecular complexity index is 1220. The van der Waals surface area contributed by atoms with E-state index in [1.165, 1.54) is 23.5 Å². The molecule has 0 fully saturated rings. The lowest BCUT2D eigenvalue weighted by atomic mass is 10.1. The number of nitrogens with one attached hydrogen (secondary N) is 1. The Morgan fingerprint density at radius 1 is 1.00 bits per heavy atom. The molecule has 0 aliphatic heterocycles. The van der Waals surface area contributed by atoms with Gasteiger partial charge in [0.2, 0.25) is 0 Å². The normalized spacial score (nSPS) is 10.8. The molecule has 0 saturated heterocycles. The highest BCUT2D eigenvalue weighted by Gasteiger charge is 2.20. The van der Waals surface area contributed by atoms with Crippen LogP contribution in [0.15, 0.2) is 72.4 Å². The molecule has 1 N–H and O–H groups in total. The van der Waals surface area contributed by atoms with Crippen LogP contribution in [0.5, 0.6) is 11.5 Å². The second-order valence-electron chi connectivity index (χ2n) is 7.25. The average molecular weight is 465 g/mol. The Morgan fingerprint density at radius 3 is 2.39 bits per heavy atom. The molecule has 0 radical (unpaired) electrons. The van der Waals surface area contributed by atoms with Gasteiger partial charge in [0.05, 0.1) is 18.9 Å². The fourth-order valence-corrected chi connectivity index (χ4v) is 4.54. The van der Waals surface area contributed by atoms with E-state index >= 15 is 0 Å². The Labute approximate surface area is 196 Å². The van der Waals surface area contributed by atoms with Crippen molar-refractivity contribution >= 4 is 17.2 Å². The number of aromatic nitrogens is 1. The van der Waals surface area contributed by atoms with Crippen LogP contribution < -0.4 is 14.8 Å². The molecule has 5 nitrogen and oxygen atoms in total. The van der Waals surface area contributed by atoms with Gasteiger partial charge in [0.1, 0.15) is 10.7 Å². The van der Waals surface area contributed by atoms with Crippen molar-refractivity contribution in [3.63, 3.8) is 0 Å². The number of hydrogen-bond donors (Lipinski definition) is 1. The van der Waals surface area contributed by atoms with Crippen LogP contribution in [0.25, 0.3) is 16.8 Å². The molecule has 33 heavy (non-hydrogen) atoms. The van der Waals surface area contributed by atoms with Gasteiger partial charge in [0, 0.05) is 29.9 Å². The summed E-state index contributed by atoms with van der Waals surface area (Å²) in [5.74, 6) is 0.875. The molecular weight excluding hydrogens is 439 g/mol. The van der Waals surface area contributed by atoms with Crippen LogP contribution in [0.1, 0.15) is 29.1 Å². The second-order valence-corrected chi connectivity index (χ2v) is 8.13. The first-order chi connectivity index (χ1) is 16.1. The molecule has 170 valence electrons. The Hall–Kier alpha value is -3.58. The van der Waals surface area contributed by atoms with Gasteiger partial charge in [-0.2, -0.15) is 0 Å². The quantitative estimate of drug-likeness (QED) is 0.327. The van der Waals surface area contributed by atoms with Gasteiger partial charge in [-0.25, -0.2) is 4.39 Å². The molecule has 0 aliphatic rings. The van der Waals surface area contributed by atoms with Crippen molar-refractivity contribution in [2.45, 2.75) is 20.4 Å². The molecule has 0 atom stereocenters. The van der Waals surface area contributed by atoms with Crippen molar-refractivity contribution in [1.29, 1.82) is 0 Å². The maximum Gasteiger partial charge on any atom is 0.263 e. The third-order valence-electron chi connectivity index (χ3n) is 5.05. The van der Waals surface area contributed by atoms with Gasteiger partial charge in [-0.1, -0.05) is 18.2 Å². The highest BCUT2D eigenvalue weighted by atomic mass is 32.1. The summed E-state index contributed by atoms with van der Waals surface area (Å²) in [5.41, 5.74) is 3.41. The smallest absolute Gasteiger partial charge is 0.263 e. The highest BCUT2D eigenvalue weighted by molar-refractivity contribution is 7.13. The SMILES string of the molecule is CCOc1ccc(CNC(=O)c2scc(-c3ccc(F)cc3)c2-n2cccc2)cc1OCC. The average Bonchev–Trinajstić information content (AvgIpc) is 3.50. The molecule has 0 aliphatic carbocycles. The minimum absolute atomic E-state index is 0.177. The lowest BCUT2D eigenvalue weighted by molar-refractivity contribution is 0.0955. The van der Waals surface area contributed by atoms with E-state index in [4.69, 9.17) is 9.47 Å². The summed E-state index contributed by atoms with van der Waals surface area (Å²) >= 11 is 1.37. The molecule has 0 saturated carbocycles. The standard InChI is InChI=1S/C26H25FN2O3S/c1-3-31-22-12-7-18(15-23(22)32-4-2)16-28-26(30)25-24(29-13-5-6-14-29)21(17-33-25)19-8-10-20(27)11-9-19/h5-15,17H,3-4,16H2,1-2H3,(H,28,30). The summed E-state index contributed by atoms with van der Waals surface area (Å²) in [6, 6.07) is 15.8. The molecule has 7 heteroatoms. The molecule has 4 aromatic rings. The van der Waals surface area contributed by atoms with E-state index < -0.39 is 0 Å². The van der Waals surface area contributed by atoms with Gasteiger partial charge in [-0.3, -0.25) is 4.79 Å². The fourth-order valence-electron chi connectivity index (χ4n) is 3.56. The second kappa shape index (κ2) is 10.4. The van der Waals surface area contributed by atoms with Crippen LogP contribution in [0.4, 0.5) is 4.39 Å². The molecule has 4 rings (SSSR count). The first-order valence-electron chi connectivity index (χ1n) is 10.8. The van der Waals surface area contributed by atoms with Gasteiger partial charge in [-0.15, -0.1) is 11.3 Å². The van der Waals surface area contributed by atoms with Gasteiger partial charge >= 0.3 is 0 Å². The van der Waals surface area contributed by atoms with Gasteiger partial charge in [0.25, 0.3) is 5.91 Å². The van der Waals surface area contributed by atoms with E-state index in [9.17, 15) is 9.18 Å². The van der Waals surface area contributed by atoms with Gasteiger partial charge < -0.3 is 19.4 Å². The number of hydrogen-bond acceptors (Lipinski definition) is 4. The summed E-state index contributed by atoms with van der Waals surface area (Å²) in [6.45, 7) is 5.26. The van der Waals surface area contributed by atoms with E-state index in [-0.39, 0.29) is 11.7 Å². The van der Waals surface area contributed by atoms with E-state index in [1.807, 2.05) is 66.5 Å². The molecule has 2 aromatic carbocycles. The van der Waals surface area contributed by atoms with Crippen molar-refractivity contribution < 1.29 is 18.7 Å². The van der Waals surface area contributed by atoms with E-state index in [1.54, 1.807) is 12.1 Å². The Morgan fingerprint density at radius 2 is 1.70 bits per heavy atom. The number of ether oxygens (including phenoxy) is 2. The minimum atomic E-state index is -0.295. The number of carbonyl (C=O) groups excluding carboxylic acids is 1. The van der Waals surface area contributed by atoms with Crippen LogP contribution in [0.3, 0.4) is 0 Å². The monoisotopic (exact) mass is 464 g/mol. The van der Waals surface area contributed by atoms with Crippen molar-refractivity contribution in [3.8, 4) is 28.3 Å². The predicted octanol–water partition coefficient (Wildman–Crippen LogP) is 6.07. The van der Waals surface area contributed by atoms with Crippen LogP contribution in [-0.2, 0) is 6.54 Å². The summed E-state index contributed by atoms with van der Waals surface area (Å²) in [4.78, 5) is 13.8. The predicted molar refractivity (Wildman–Crippen MR) is 129 cm³/mol. The van der Waals surface area contributed by atoms with Crippen LogP contribution in [0.2, 0.25) is 0 Å². The van der Waals surface area contributed by atoms with Crippen LogP contribution >= 0.6 is 11.3 Å². The summed E-state index contributed by atoms with van der Waals surface area (Å²) < 4.78 is 26.6. The fraction of sp³-hybridized carbons (Fsp3) is 0.192. The van der Waals surface area contributed by atoms with Gasteiger partial charge in [-0.05, 0) is 61.4 Å². The van der Waals surface area contributed by atoms with Crippen LogP contribution in [-0.4, -0.2) is 23.7 Å². The van der Waals surface area contributed by atoms with E-state index in [0.717, 1.165) is 22.4 Å². The summed E-state index contributed by atoms with van der Waals surface area (Å²) in [7, 11) is 0. The van der Waals surface area contributed by atoms with Gasteiger partial charge in [0.15, 0.2) is 11.5 Å². The molecule has 2 aromatic heterocycles. The highest BCUT2D eigenvalue weighted by Crippen LogP contribution is 2.35. The van der Waals surface area contributed by atoms with Crippen molar-refractivity contribution in [1.82, 2.24) is 9.88 Å². The minimum Gasteiger partial charge on any atom is -0.490 e. The third-order valence-corrected chi connectivity index (χ3v) is 6.02. The molecular formula is C26H25FN2O3S. The van der Waals surface area contributed by atoms with Crippen molar-refractivity contribution in [2.24, 2.45) is 0 Å². The number of rotatable bonds is 9. The lowest BCUT2D eigenvalue weighted by Gasteiger charge is -2.13.